The molecule has 3 N–H and O–H groups in total. The summed E-state index contributed by atoms with van der Waals surface area (Å²) in [7, 11) is 0. The van der Waals surface area contributed by atoms with Crippen LogP contribution in [0.3, 0.4) is 0 Å². The van der Waals surface area contributed by atoms with Crippen molar-refractivity contribution in [2.24, 2.45) is 0 Å². The molecule has 1 unspecified atom stereocenters. The monoisotopic (exact) mass is 847 g/mol. The lowest BCUT2D eigenvalue weighted by Gasteiger charge is -2.44. The van der Waals surface area contributed by atoms with Crippen molar-refractivity contribution in [3.8, 4) is 11.8 Å². The van der Waals surface area contributed by atoms with E-state index in [1.165, 1.54) is 6.07 Å². The Balaban J connectivity index is 1.05. The molecular weight excluding hydrogens is 800 g/mol. The third kappa shape index (κ3) is 9.38. The van der Waals surface area contributed by atoms with Gasteiger partial charge in [-0.05, 0) is 100 Å². The Morgan fingerprint density at radius 3 is 2.42 bits per heavy atom. The van der Waals surface area contributed by atoms with E-state index < -0.39 is 34.9 Å². The zero-order valence-electron chi connectivity index (χ0n) is 34.2. The van der Waals surface area contributed by atoms with E-state index in [1.54, 1.807) is 49.1 Å². The minimum Gasteiger partial charge on any atom is -0.492 e. The molecular formula is C42H48F3N9O5S. The number of halogens is 3. The normalized spacial score (nSPS) is 21.2. The van der Waals surface area contributed by atoms with E-state index in [4.69, 9.17) is 17.0 Å². The minimum absolute atomic E-state index is 0.00178. The molecule has 3 aliphatic rings. The van der Waals surface area contributed by atoms with E-state index in [0.717, 1.165) is 22.7 Å². The average molecular weight is 848 g/mol. The van der Waals surface area contributed by atoms with Crippen LogP contribution in [0.25, 0.3) is 0 Å². The summed E-state index contributed by atoms with van der Waals surface area (Å²) in [6, 6.07) is 14.4. The van der Waals surface area contributed by atoms with Crippen molar-refractivity contribution >= 4 is 63.7 Å². The minimum atomic E-state index is -4.86. The number of pyridine rings is 1. The second kappa shape index (κ2) is 17.5. The van der Waals surface area contributed by atoms with Crippen LogP contribution in [0.5, 0.6) is 5.75 Å². The van der Waals surface area contributed by atoms with E-state index >= 15 is 0 Å². The first-order valence-electron chi connectivity index (χ1n) is 19.7. The summed E-state index contributed by atoms with van der Waals surface area (Å²) in [6.07, 6.45) is -3.17. The van der Waals surface area contributed by atoms with Crippen molar-refractivity contribution in [3.05, 3.63) is 71.5 Å². The van der Waals surface area contributed by atoms with Gasteiger partial charge in [0.05, 0.1) is 24.0 Å². The zero-order valence-corrected chi connectivity index (χ0v) is 35.0. The molecule has 4 heterocycles. The Labute approximate surface area is 352 Å². The number of aromatic nitrogens is 1. The molecule has 6 rings (SSSR count). The summed E-state index contributed by atoms with van der Waals surface area (Å²) in [4.78, 5) is 61.4. The number of piperidine rings is 1. The SMILES string of the molecule is CC(C)c1cc(N2C(=S)N(c3cnc(C#N)c(C(F)(F)F)c3)C(=O)C2(C)C)ccc1OCCN1C[C@@H](C)N(CC(=O)Nc2cccc(NC3CCC(=O)NC3=O)c2)[C@@H](C)C1. The van der Waals surface area contributed by atoms with Crippen LogP contribution in [0.15, 0.2) is 54.7 Å². The highest BCUT2D eigenvalue weighted by molar-refractivity contribution is 7.81. The number of benzene rings is 2. The molecule has 2 aromatic carbocycles. The molecule has 3 saturated heterocycles. The number of alkyl halides is 3. The highest BCUT2D eigenvalue weighted by Crippen LogP contribution is 2.41. The molecule has 0 aliphatic carbocycles. The van der Waals surface area contributed by atoms with E-state index in [9.17, 15) is 37.6 Å². The van der Waals surface area contributed by atoms with E-state index in [-0.39, 0.29) is 59.5 Å². The molecule has 1 aromatic heterocycles. The lowest BCUT2D eigenvalue weighted by molar-refractivity contribution is -0.138. The topological polar surface area (TPSA) is 163 Å². The smallest absolute Gasteiger partial charge is 0.419 e. The summed E-state index contributed by atoms with van der Waals surface area (Å²) < 4.78 is 47.7. The Kier molecular flexibility index (Phi) is 12.8. The lowest BCUT2D eigenvalue weighted by atomic mass is 9.98. The van der Waals surface area contributed by atoms with Gasteiger partial charge in [0, 0.05) is 55.2 Å². The summed E-state index contributed by atoms with van der Waals surface area (Å²) in [5.41, 5.74) is -0.841. The molecule has 4 amide bonds. The van der Waals surface area contributed by atoms with Crippen LogP contribution in [0.4, 0.5) is 35.9 Å². The van der Waals surface area contributed by atoms with E-state index in [2.05, 4.69) is 44.6 Å². The maximum Gasteiger partial charge on any atom is 0.419 e. The molecule has 18 heteroatoms. The number of imide groups is 1. The molecule has 3 aromatic rings. The molecule has 0 spiro atoms. The molecule has 0 bridgehead atoms. The Bertz CT molecular complexity index is 2220. The molecule has 3 atom stereocenters. The van der Waals surface area contributed by atoms with Crippen LogP contribution >= 0.6 is 12.2 Å². The number of anilines is 4. The predicted molar refractivity (Wildman–Crippen MR) is 224 cm³/mol. The fourth-order valence-electron chi connectivity index (χ4n) is 7.93. The van der Waals surface area contributed by atoms with Crippen LogP contribution in [0, 0.1) is 11.3 Å². The maximum absolute atomic E-state index is 13.8. The summed E-state index contributed by atoms with van der Waals surface area (Å²) >= 11 is 5.72. The van der Waals surface area contributed by atoms with Crippen LogP contribution in [0.2, 0.25) is 0 Å². The van der Waals surface area contributed by atoms with E-state index in [0.29, 0.717) is 55.5 Å². The predicted octanol–water partition coefficient (Wildman–Crippen LogP) is 5.64. The van der Waals surface area contributed by atoms with Gasteiger partial charge < -0.3 is 20.3 Å². The molecule has 0 radical (unpaired) electrons. The standard InChI is InChI=1S/C42H48F3N9O5S/c1-24(2)31-17-29(54-40(60)53(39(58)41(54,5)6)30-18-32(42(43,44)45)34(19-46)47-20-30)10-12-35(31)59-15-14-51-21-25(3)52(26(4)22-51)23-37(56)49-28-9-7-8-27(16-28)48-33-11-13-36(55)50-38(33)57/h7-10,12,16-18,20,24-26,33,48H,11,13-15,21-23H2,1-6H3,(H,49,56)(H,50,55,57)/t25-,26+,33?. The van der Waals surface area contributed by atoms with Gasteiger partial charge in [-0.15, -0.1) is 0 Å². The lowest BCUT2D eigenvalue weighted by Crippen LogP contribution is -2.58. The van der Waals surface area contributed by atoms with Gasteiger partial charge in [-0.25, -0.2) is 4.98 Å². The number of hydrogen-bond donors (Lipinski definition) is 3. The molecule has 0 saturated carbocycles. The fraction of sp³-hybridized carbons (Fsp3) is 0.452. The van der Waals surface area contributed by atoms with Gasteiger partial charge >= 0.3 is 6.18 Å². The number of thiocarbonyl (C=S) groups is 1. The Morgan fingerprint density at radius 2 is 1.77 bits per heavy atom. The quantitative estimate of drug-likeness (QED) is 0.152. The van der Waals surface area contributed by atoms with E-state index in [1.807, 2.05) is 26.0 Å². The van der Waals surface area contributed by atoms with Crippen LogP contribution in [0.1, 0.15) is 77.1 Å². The van der Waals surface area contributed by atoms with Gasteiger partial charge in [0.1, 0.15) is 30.0 Å². The number of carbonyl (C=O) groups excluding carboxylic acids is 4. The van der Waals surface area contributed by atoms with Crippen molar-refractivity contribution in [3.63, 3.8) is 0 Å². The summed E-state index contributed by atoms with van der Waals surface area (Å²) in [5.74, 6) is -0.713. The third-order valence-corrected chi connectivity index (χ3v) is 11.3. The maximum atomic E-state index is 13.8. The second-order valence-electron chi connectivity index (χ2n) is 16.1. The highest BCUT2D eigenvalue weighted by Gasteiger charge is 2.51. The van der Waals surface area contributed by atoms with Gasteiger partial charge in [0.25, 0.3) is 5.91 Å². The van der Waals surface area contributed by atoms with Gasteiger partial charge in [0.15, 0.2) is 10.8 Å². The summed E-state index contributed by atoms with van der Waals surface area (Å²) in [6.45, 7) is 14.1. The van der Waals surface area contributed by atoms with Crippen molar-refractivity contribution in [1.82, 2.24) is 20.1 Å². The zero-order chi connectivity index (χ0) is 43.7. The average Bonchev–Trinajstić information content (AvgIpc) is 3.35. The highest BCUT2D eigenvalue weighted by atomic mass is 32.1. The first kappa shape index (κ1) is 43.9. The largest absolute Gasteiger partial charge is 0.492 e. The number of amides is 4. The van der Waals surface area contributed by atoms with Crippen molar-refractivity contribution in [2.75, 3.05) is 53.2 Å². The number of carbonyl (C=O) groups is 4. The second-order valence-corrected chi connectivity index (χ2v) is 16.5. The van der Waals surface area contributed by atoms with Crippen molar-refractivity contribution in [1.29, 1.82) is 5.26 Å². The molecule has 318 valence electrons. The number of ether oxygens (including phenoxy) is 1. The van der Waals surface area contributed by atoms with Gasteiger partial charge in [-0.3, -0.25) is 39.2 Å². The van der Waals surface area contributed by atoms with Crippen LogP contribution < -0.4 is 30.5 Å². The van der Waals surface area contributed by atoms with Crippen molar-refractivity contribution < 1.29 is 37.1 Å². The Hall–Kier alpha value is -5.64. The number of nitrogens with zero attached hydrogens (tertiary/aromatic N) is 6. The molecule has 3 fully saturated rings. The van der Waals surface area contributed by atoms with Crippen LogP contribution in [-0.4, -0.2) is 100.0 Å². The molecule has 60 heavy (non-hydrogen) atoms. The number of hydrogen-bond acceptors (Lipinski definition) is 11. The van der Waals surface area contributed by atoms with Gasteiger partial charge in [-0.2, -0.15) is 18.4 Å². The third-order valence-electron chi connectivity index (χ3n) is 11.0. The van der Waals surface area contributed by atoms with Gasteiger partial charge in [-0.1, -0.05) is 19.9 Å². The first-order valence-corrected chi connectivity index (χ1v) is 20.1. The number of rotatable bonds is 12. The fourth-order valence-corrected chi connectivity index (χ4v) is 8.45. The number of nitriles is 1. The van der Waals surface area contributed by atoms with Gasteiger partial charge in [0.2, 0.25) is 17.7 Å². The number of nitrogens with one attached hydrogen (secondary N) is 3. The Morgan fingerprint density at radius 1 is 1.07 bits per heavy atom. The molecule has 3 aliphatic heterocycles. The van der Waals surface area contributed by atoms with Crippen LogP contribution in [-0.2, 0) is 25.4 Å². The first-order chi connectivity index (χ1) is 28.3. The molecule has 14 nitrogen and oxygen atoms in total. The van der Waals surface area contributed by atoms with Crippen molar-refractivity contribution in [2.45, 2.75) is 90.1 Å². The number of piperazine rings is 1. The summed E-state index contributed by atoms with van der Waals surface area (Å²) in [5, 5.41) is 17.6.